The van der Waals surface area contributed by atoms with Gasteiger partial charge in [0.05, 0.1) is 12.8 Å². The molecule has 1 N–H and O–H groups in total. The van der Waals surface area contributed by atoms with Crippen LogP contribution < -0.4 is 5.32 Å². The van der Waals surface area contributed by atoms with Crippen molar-refractivity contribution in [3.8, 4) is 0 Å². The van der Waals surface area contributed by atoms with Crippen molar-refractivity contribution in [1.29, 1.82) is 0 Å². The van der Waals surface area contributed by atoms with Crippen molar-refractivity contribution in [1.82, 2.24) is 10.2 Å². The lowest BCUT2D eigenvalue weighted by atomic mass is 10.1. The van der Waals surface area contributed by atoms with Gasteiger partial charge in [-0.3, -0.25) is 4.90 Å². The van der Waals surface area contributed by atoms with Crippen molar-refractivity contribution in [3.05, 3.63) is 45.5 Å². The fraction of sp³-hybridized carbons (Fsp3) is 0.500. The minimum absolute atomic E-state index is 0.841. The van der Waals surface area contributed by atoms with Crippen LogP contribution in [0.5, 0.6) is 0 Å². The van der Waals surface area contributed by atoms with Crippen LogP contribution in [0.1, 0.15) is 35.1 Å². The predicted octanol–water partition coefficient (Wildman–Crippen LogP) is 3.40. The molecule has 0 atom stereocenters. The molecular formula is C16H22N2OS. The van der Waals surface area contributed by atoms with Gasteiger partial charge >= 0.3 is 0 Å². The number of furan rings is 1. The van der Waals surface area contributed by atoms with Gasteiger partial charge in [-0.2, -0.15) is 0 Å². The highest BCUT2D eigenvalue weighted by Crippen LogP contribution is 2.25. The van der Waals surface area contributed by atoms with E-state index in [-0.39, 0.29) is 0 Å². The first-order chi connectivity index (χ1) is 9.86. The average molecular weight is 290 g/mol. The van der Waals surface area contributed by atoms with Crippen molar-refractivity contribution in [2.24, 2.45) is 0 Å². The summed E-state index contributed by atoms with van der Waals surface area (Å²) in [6.07, 6.45) is 4.16. The molecule has 0 spiro atoms. The molecule has 3 nitrogen and oxygen atoms in total. The lowest BCUT2D eigenvalue weighted by Crippen LogP contribution is -2.29. The number of hydrogen-bond acceptors (Lipinski definition) is 4. The second-order valence-corrected chi connectivity index (χ2v) is 6.38. The summed E-state index contributed by atoms with van der Waals surface area (Å²) in [5, 5.41) is 5.63. The summed E-state index contributed by atoms with van der Waals surface area (Å²) in [7, 11) is 0. The fourth-order valence-corrected chi connectivity index (χ4v) is 3.61. The second kappa shape index (κ2) is 6.57. The van der Waals surface area contributed by atoms with E-state index in [9.17, 15) is 0 Å². The molecule has 0 saturated carbocycles. The molecule has 2 aromatic rings. The van der Waals surface area contributed by atoms with Gasteiger partial charge in [0.2, 0.25) is 0 Å². The van der Waals surface area contributed by atoms with Gasteiger partial charge in [0.25, 0.3) is 0 Å². The minimum atomic E-state index is 0.841. The van der Waals surface area contributed by atoms with Crippen LogP contribution in [0, 0.1) is 0 Å². The molecule has 4 heteroatoms. The zero-order chi connectivity index (χ0) is 13.8. The van der Waals surface area contributed by atoms with Crippen LogP contribution in [0.2, 0.25) is 0 Å². The Kier molecular flexibility index (Phi) is 4.55. The van der Waals surface area contributed by atoms with E-state index in [2.05, 4.69) is 34.7 Å². The summed E-state index contributed by atoms with van der Waals surface area (Å²) in [6.45, 7) is 7.29. The Morgan fingerprint density at radius 3 is 3.25 bits per heavy atom. The molecule has 0 saturated heterocycles. The maximum absolute atomic E-state index is 5.62. The van der Waals surface area contributed by atoms with Gasteiger partial charge in [0, 0.05) is 30.1 Å². The largest absolute Gasteiger partial charge is 0.468 e. The third-order valence-electron chi connectivity index (χ3n) is 3.83. The first-order valence-corrected chi connectivity index (χ1v) is 8.28. The standard InChI is InChI=1S/C16H22N2OS/c1-2-6-17-10-15-13(4-8-19-15)11-18-7-3-16-14(12-18)5-9-20-16/h4-5,8-9,17H,2-3,6-7,10-12H2,1H3. The molecule has 2 aromatic heterocycles. The van der Waals surface area contributed by atoms with Crippen LogP contribution in [0.3, 0.4) is 0 Å². The van der Waals surface area contributed by atoms with E-state index >= 15 is 0 Å². The van der Waals surface area contributed by atoms with Gasteiger partial charge in [-0.1, -0.05) is 6.92 Å². The molecule has 20 heavy (non-hydrogen) atoms. The molecule has 0 bridgehead atoms. The molecular weight excluding hydrogens is 268 g/mol. The highest BCUT2D eigenvalue weighted by atomic mass is 32.1. The van der Waals surface area contributed by atoms with E-state index < -0.39 is 0 Å². The summed E-state index contributed by atoms with van der Waals surface area (Å²) in [6, 6.07) is 4.39. The SMILES string of the molecule is CCCNCc1occc1CN1CCc2sccc2C1. The topological polar surface area (TPSA) is 28.4 Å². The van der Waals surface area contributed by atoms with Crippen LogP contribution in [0.25, 0.3) is 0 Å². The minimum Gasteiger partial charge on any atom is -0.468 e. The zero-order valence-corrected chi connectivity index (χ0v) is 12.8. The van der Waals surface area contributed by atoms with Crippen LogP contribution in [-0.4, -0.2) is 18.0 Å². The molecule has 3 heterocycles. The summed E-state index contributed by atoms with van der Waals surface area (Å²) in [5.74, 6) is 1.09. The second-order valence-electron chi connectivity index (χ2n) is 5.38. The summed E-state index contributed by atoms with van der Waals surface area (Å²) >= 11 is 1.90. The summed E-state index contributed by atoms with van der Waals surface area (Å²) < 4.78 is 5.62. The van der Waals surface area contributed by atoms with E-state index in [1.807, 2.05) is 17.6 Å². The number of nitrogens with one attached hydrogen (secondary N) is 1. The smallest absolute Gasteiger partial charge is 0.122 e. The van der Waals surface area contributed by atoms with Crippen LogP contribution >= 0.6 is 11.3 Å². The molecule has 1 aliphatic rings. The number of fused-ring (bicyclic) bond motifs is 1. The van der Waals surface area contributed by atoms with Crippen molar-refractivity contribution in [2.75, 3.05) is 13.1 Å². The number of nitrogens with zero attached hydrogens (tertiary/aromatic N) is 1. The quantitative estimate of drug-likeness (QED) is 0.827. The Hall–Kier alpha value is -1.10. The first kappa shape index (κ1) is 13.9. The normalized spacial score (nSPS) is 15.4. The number of hydrogen-bond donors (Lipinski definition) is 1. The third kappa shape index (κ3) is 3.14. The van der Waals surface area contributed by atoms with Gasteiger partial charge < -0.3 is 9.73 Å². The Balaban J connectivity index is 1.60. The molecule has 3 rings (SSSR count). The van der Waals surface area contributed by atoms with E-state index in [4.69, 9.17) is 4.42 Å². The average Bonchev–Trinajstić information content (AvgIpc) is 3.08. The Bertz CT molecular complexity index is 546. The molecule has 0 radical (unpaired) electrons. The lowest BCUT2D eigenvalue weighted by Gasteiger charge is -2.26. The Morgan fingerprint density at radius 1 is 1.40 bits per heavy atom. The third-order valence-corrected chi connectivity index (χ3v) is 4.85. The highest BCUT2D eigenvalue weighted by molar-refractivity contribution is 7.10. The number of rotatable bonds is 6. The highest BCUT2D eigenvalue weighted by Gasteiger charge is 2.18. The summed E-state index contributed by atoms with van der Waals surface area (Å²) in [5.41, 5.74) is 2.84. The molecule has 0 fully saturated rings. The Morgan fingerprint density at radius 2 is 2.35 bits per heavy atom. The molecule has 0 unspecified atom stereocenters. The van der Waals surface area contributed by atoms with E-state index in [1.165, 1.54) is 17.5 Å². The van der Waals surface area contributed by atoms with Crippen LogP contribution in [-0.2, 0) is 26.1 Å². The molecule has 0 aliphatic carbocycles. The van der Waals surface area contributed by atoms with Crippen LogP contribution in [0.4, 0.5) is 0 Å². The molecule has 108 valence electrons. The summed E-state index contributed by atoms with van der Waals surface area (Å²) in [4.78, 5) is 4.08. The van der Waals surface area contributed by atoms with Crippen LogP contribution in [0.15, 0.2) is 28.2 Å². The van der Waals surface area contributed by atoms with Crippen molar-refractivity contribution in [3.63, 3.8) is 0 Å². The Labute approximate surface area is 124 Å². The first-order valence-electron chi connectivity index (χ1n) is 7.40. The van der Waals surface area contributed by atoms with Gasteiger partial charge in [0.1, 0.15) is 5.76 Å². The van der Waals surface area contributed by atoms with Gasteiger partial charge in [-0.25, -0.2) is 0 Å². The molecule has 1 aliphatic heterocycles. The van der Waals surface area contributed by atoms with Gasteiger partial charge in [-0.15, -0.1) is 11.3 Å². The maximum Gasteiger partial charge on any atom is 0.122 e. The monoisotopic (exact) mass is 290 g/mol. The fourth-order valence-electron chi connectivity index (χ4n) is 2.72. The lowest BCUT2D eigenvalue weighted by molar-refractivity contribution is 0.245. The van der Waals surface area contributed by atoms with Crippen molar-refractivity contribution < 1.29 is 4.42 Å². The van der Waals surface area contributed by atoms with Crippen molar-refractivity contribution >= 4 is 11.3 Å². The van der Waals surface area contributed by atoms with E-state index in [0.29, 0.717) is 0 Å². The van der Waals surface area contributed by atoms with E-state index in [0.717, 1.165) is 44.9 Å². The van der Waals surface area contributed by atoms with E-state index in [1.54, 1.807) is 4.88 Å². The number of thiophene rings is 1. The zero-order valence-electron chi connectivity index (χ0n) is 12.0. The van der Waals surface area contributed by atoms with Gasteiger partial charge in [-0.05, 0) is 42.5 Å². The van der Waals surface area contributed by atoms with Crippen molar-refractivity contribution in [2.45, 2.75) is 39.4 Å². The maximum atomic E-state index is 5.62. The predicted molar refractivity (Wildman–Crippen MR) is 82.8 cm³/mol. The molecule has 0 aromatic carbocycles. The molecule has 0 amide bonds. The van der Waals surface area contributed by atoms with Gasteiger partial charge in [0.15, 0.2) is 0 Å².